The number of rotatable bonds is 4. The van der Waals surface area contributed by atoms with E-state index in [1.165, 1.54) is 3.97 Å². The van der Waals surface area contributed by atoms with Crippen molar-refractivity contribution in [1.82, 2.24) is 8.87 Å². The molecular weight excluding hydrogens is 442 g/mol. The number of halogens is 1. The topological polar surface area (TPSA) is 45.5 Å². The van der Waals surface area contributed by atoms with Gasteiger partial charge in [0.25, 0.3) is 10.0 Å². The number of anilines is 1. The Labute approximate surface area is 195 Å². The molecule has 0 radical (unpaired) electrons. The second-order valence-electron chi connectivity index (χ2n) is 8.01. The third-order valence-electron chi connectivity index (χ3n) is 6.02. The standard InChI is InChI=1S/C25H25N3O2S.ClH/c1-26-15-17-27(18-16-26)22-11-12-24-21(19-22)13-14-28(24)31(29,30)25-10-6-5-9-23(25)20-7-3-2-4-8-20;/h2-14,19H,15-18H2,1H3;1H. The highest BCUT2D eigenvalue weighted by Gasteiger charge is 2.23. The molecule has 166 valence electrons. The van der Waals surface area contributed by atoms with E-state index < -0.39 is 10.0 Å². The molecule has 1 saturated heterocycles. The molecule has 0 N–H and O–H groups in total. The first-order valence-corrected chi connectivity index (χ1v) is 11.9. The fourth-order valence-electron chi connectivity index (χ4n) is 4.23. The van der Waals surface area contributed by atoms with Crippen LogP contribution >= 0.6 is 12.4 Å². The van der Waals surface area contributed by atoms with Crippen molar-refractivity contribution in [3.05, 3.63) is 85.1 Å². The van der Waals surface area contributed by atoms with Crippen LogP contribution in [0.15, 0.2) is 90.0 Å². The summed E-state index contributed by atoms with van der Waals surface area (Å²) in [5, 5.41) is 0.928. The van der Waals surface area contributed by atoms with E-state index in [0.29, 0.717) is 16.0 Å². The monoisotopic (exact) mass is 467 g/mol. The van der Waals surface area contributed by atoms with Crippen molar-refractivity contribution in [3.8, 4) is 11.1 Å². The maximum absolute atomic E-state index is 13.7. The van der Waals surface area contributed by atoms with Crippen LogP contribution in [-0.4, -0.2) is 50.5 Å². The van der Waals surface area contributed by atoms with Gasteiger partial charge in [-0.15, -0.1) is 12.4 Å². The molecule has 1 aromatic heterocycles. The van der Waals surface area contributed by atoms with E-state index >= 15 is 0 Å². The van der Waals surface area contributed by atoms with E-state index in [9.17, 15) is 8.42 Å². The van der Waals surface area contributed by atoms with Crippen molar-refractivity contribution in [2.24, 2.45) is 0 Å². The van der Waals surface area contributed by atoms with Gasteiger partial charge >= 0.3 is 0 Å². The maximum atomic E-state index is 13.7. The van der Waals surface area contributed by atoms with Crippen LogP contribution in [-0.2, 0) is 10.0 Å². The maximum Gasteiger partial charge on any atom is 0.268 e. The Bertz CT molecular complexity index is 1330. The zero-order valence-electron chi connectivity index (χ0n) is 17.9. The fraction of sp³-hybridized carbons (Fsp3) is 0.200. The lowest BCUT2D eigenvalue weighted by Gasteiger charge is -2.34. The van der Waals surface area contributed by atoms with Gasteiger partial charge in [-0.3, -0.25) is 0 Å². The number of hydrogen-bond acceptors (Lipinski definition) is 4. The molecule has 5 nitrogen and oxygen atoms in total. The molecule has 4 aromatic rings. The van der Waals surface area contributed by atoms with E-state index in [4.69, 9.17) is 0 Å². The highest BCUT2D eigenvalue weighted by molar-refractivity contribution is 7.90. The Kier molecular flexibility index (Phi) is 6.29. The summed E-state index contributed by atoms with van der Waals surface area (Å²) in [4.78, 5) is 4.99. The van der Waals surface area contributed by atoms with Crippen molar-refractivity contribution in [3.63, 3.8) is 0 Å². The molecule has 1 fully saturated rings. The van der Waals surface area contributed by atoms with Crippen LogP contribution in [0.3, 0.4) is 0 Å². The highest BCUT2D eigenvalue weighted by Crippen LogP contribution is 2.31. The number of benzene rings is 3. The summed E-state index contributed by atoms with van der Waals surface area (Å²) in [5.74, 6) is 0. The SMILES string of the molecule is CN1CCN(c2ccc3c(ccn3S(=O)(=O)c3ccccc3-c3ccccc3)c2)CC1.Cl. The molecule has 2 heterocycles. The number of nitrogens with zero attached hydrogens (tertiary/aromatic N) is 3. The molecule has 1 aliphatic heterocycles. The molecule has 0 saturated carbocycles. The van der Waals surface area contributed by atoms with Gasteiger partial charge in [-0.05, 0) is 42.9 Å². The summed E-state index contributed by atoms with van der Waals surface area (Å²) >= 11 is 0. The second-order valence-corrected chi connectivity index (χ2v) is 9.80. The van der Waals surface area contributed by atoms with E-state index in [2.05, 4.69) is 22.9 Å². The van der Waals surface area contributed by atoms with Crippen LogP contribution < -0.4 is 4.90 Å². The zero-order chi connectivity index (χ0) is 21.4. The first kappa shape index (κ1) is 22.4. The van der Waals surface area contributed by atoms with Crippen LogP contribution in [0.25, 0.3) is 22.0 Å². The van der Waals surface area contributed by atoms with Crippen molar-refractivity contribution >= 4 is 39.0 Å². The molecule has 0 amide bonds. The highest BCUT2D eigenvalue weighted by atomic mass is 35.5. The minimum absolute atomic E-state index is 0. The number of fused-ring (bicyclic) bond motifs is 1. The van der Waals surface area contributed by atoms with Crippen molar-refractivity contribution < 1.29 is 8.42 Å². The molecule has 1 aliphatic rings. The van der Waals surface area contributed by atoms with E-state index in [1.807, 2.05) is 60.7 Å². The predicted molar refractivity (Wildman–Crippen MR) is 133 cm³/mol. The third kappa shape index (κ3) is 4.01. The van der Waals surface area contributed by atoms with Gasteiger partial charge in [0.05, 0.1) is 10.4 Å². The van der Waals surface area contributed by atoms with Crippen LogP contribution in [0.5, 0.6) is 0 Å². The minimum Gasteiger partial charge on any atom is -0.369 e. The summed E-state index contributed by atoms with van der Waals surface area (Å²) in [5.41, 5.74) is 3.43. The Hall–Kier alpha value is -2.80. The van der Waals surface area contributed by atoms with Gasteiger partial charge in [0.2, 0.25) is 0 Å². The van der Waals surface area contributed by atoms with Gasteiger partial charge in [0, 0.05) is 49.0 Å². The molecule has 0 unspecified atom stereocenters. The quantitative estimate of drug-likeness (QED) is 0.435. The molecule has 32 heavy (non-hydrogen) atoms. The number of aromatic nitrogens is 1. The lowest BCUT2D eigenvalue weighted by Crippen LogP contribution is -2.44. The average Bonchev–Trinajstić information content (AvgIpc) is 3.24. The second kappa shape index (κ2) is 8.98. The van der Waals surface area contributed by atoms with Crippen LogP contribution in [0.1, 0.15) is 0 Å². The van der Waals surface area contributed by atoms with E-state index in [-0.39, 0.29) is 12.4 Å². The fourth-order valence-corrected chi connectivity index (χ4v) is 5.80. The normalized spacial score (nSPS) is 15.0. The van der Waals surface area contributed by atoms with Crippen LogP contribution in [0, 0.1) is 0 Å². The molecule has 0 aliphatic carbocycles. The van der Waals surface area contributed by atoms with Gasteiger partial charge in [-0.25, -0.2) is 12.4 Å². The lowest BCUT2D eigenvalue weighted by molar-refractivity contribution is 0.313. The van der Waals surface area contributed by atoms with Gasteiger partial charge in [0.15, 0.2) is 0 Å². The van der Waals surface area contributed by atoms with Crippen molar-refractivity contribution in [2.75, 3.05) is 38.1 Å². The first-order valence-electron chi connectivity index (χ1n) is 10.5. The average molecular weight is 468 g/mol. The first-order chi connectivity index (χ1) is 15.0. The number of hydrogen-bond donors (Lipinski definition) is 0. The predicted octanol–water partition coefficient (Wildman–Crippen LogP) is 4.72. The summed E-state index contributed by atoms with van der Waals surface area (Å²) in [6.07, 6.45) is 1.66. The minimum atomic E-state index is -3.75. The third-order valence-corrected chi connectivity index (χ3v) is 7.76. The summed E-state index contributed by atoms with van der Waals surface area (Å²) in [6.45, 7) is 4.02. The Balaban J connectivity index is 0.00000245. The molecular formula is C25H26ClN3O2S. The smallest absolute Gasteiger partial charge is 0.268 e. The van der Waals surface area contributed by atoms with E-state index in [1.54, 1.807) is 18.3 Å². The van der Waals surface area contributed by atoms with E-state index in [0.717, 1.165) is 42.8 Å². The van der Waals surface area contributed by atoms with Crippen molar-refractivity contribution in [2.45, 2.75) is 4.90 Å². The van der Waals surface area contributed by atoms with Crippen LogP contribution in [0.2, 0.25) is 0 Å². The lowest BCUT2D eigenvalue weighted by atomic mass is 10.1. The summed E-state index contributed by atoms with van der Waals surface area (Å²) < 4.78 is 28.7. The number of piperazine rings is 1. The van der Waals surface area contributed by atoms with Gasteiger partial charge < -0.3 is 9.80 Å². The largest absolute Gasteiger partial charge is 0.369 e. The Morgan fingerprint density at radius 3 is 2.22 bits per heavy atom. The Morgan fingerprint density at radius 1 is 0.781 bits per heavy atom. The number of likely N-dealkylation sites (N-methyl/N-ethyl adjacent to an activating group) is 1. The van der Waals surface area contributed by atoms with Crippen molar-refractivity contribution in [1.29, 1.82) is 0 Å². The van der Waals surface area contributed by atoms with Gasteiger partial charge in [-0.2, -0.15) is 0 Å². The molecule has 0 atom stereocenters. The molecule has 0 spiro atoms. The Morgan fingerprint density at radius 2 is 1.47 bits per heavy atom. The summed E-state index contributed by atoms with van der Waals surface area (Å²) in [7, 11) is -1.61. The summed E-state index contributed by atoms with van der Waals surface area (Å²) in [6, 6.07) is 24.8. The van der Waals surface area contributed by atoms with Crippen LogP contribution in [0.4, 0.5) is 5.69 Å². The molecule has 3 aromatic carbocycles. The van der Waals surface area contributed by atoms with Gasteiger partial charge in [-0.1, -0.05) is 48.5 Å². The molecule has 0 bridgehead atoms. The van der Waals surface area contributed by atoms with Gasteiger partial charge in [0.1, 0.15) is 0 Å². The molecule has 7 heteroatoms. The molecule has 5 rings (SSSR count). The zero-order valence-corrected chi connectivity index (χ0v) is 19.5.